The van der Waals surface area contributed by atoms with Crippen molar-refractivity contribution in [3.05, 3.63) is 24.3 Å². The highest BCUT2D eigenvalue weighted by molar-refractivity contribution is 6.42. The molecule has 0 aromatic rings. The van der Waals surface area contributed by atoms with Crippen molar-refractivity contribution in [1.82, 2.24) is 5.32 Å². The smallest absolute Gasteiger partial charge is 0.294 e. The van der Waals surface area contributed by atoms with Crippen LogP contribution in [-0.2, 0) is 4.79 Å². The SMILES string of the molecule is O=C1NC2C=CC=CC2N=C1C(F)(F)CCCC1CC12CC2. The molecule has 2 fully saturated rings. The topological polar surface area (TPSA) is 41.5 Å². The quantitative estimate of drug-likeness (QED) is 0.833. The van der Waals surface area contributed by atoms with Crippen LogP contribution in [0.15, 0.2) is 29.3 Å². The highest BCUT2D eigenvalue weighted by Crippen LogP contribution is 2.72. The largest absolute Gasteiger partial charge is 0.342 e. The van der Waals surface area contributed by atoms with Crippen LogP contribution in [0.4, 0.5) is 8.78 Å². The normalized spacial score (nSPS) is 34.2. The van der Waals surface area contributed by atoms with Gasteiger partial charge < -0.3 is 5.32 Å². The molecule has 0 saturated heterocycles. The Morgan fingerprint density at radius 1 is 1.32 bits per heavy atom. The van der Waals surface area contributed by atoms with Crippen LogP contribution in [0.5, 0.6) is 0 Å². The van der Waals surface area contributed by atoms with E-state index >= 15 is 0 Å². The van der Waals surface area contributed by atoms with E-state index < -0.39 is 23.6 Å². The predicted molar refractivity (Wildman–Crippen MR) is 80.0 cm³/mol. The number of fused-ring (bicyclic) bond motifs is 1. The number of alkyl halides is 2. The predicted octanol–water partition coefficient (Wildman–Crippen LogP) is 3.03. The standard InChI is InChI=1S/C17H20F2N2O/c18-17(19,7-3-4-11-10-16(11)8-9-16)14-15(22)21-13-6-2-1-5-12(13)20-14/h1-2,5-6,11-13H,3-4,7-10H2,(H,21,22). The molecule has 1 amide bonds. The van der Waals surface area contributed by atoms with Gasteiger partial charge in [0.25, 0.3) is 11.8 Å². The fourth-order valence-electron chi connectivity index (χ4n) is 3.84. The van der Waals surface area contributed by atoms with Gasteiger partial charge in [-0.05, 0) is 43.4 Å². The molecular formula is C17H20F2N2O. The summed E-state index contributed by atoms with van der Waals surface area (Å²) in [5.41, 5.74) is -0.0350. The number of hydrogen-bond donors (Lipinski definition) is 1. The van der Waals surface area contributed by atoms with Crippen LogP contribution in [-0.4, -0.2) is 29.6 Å². The zero-order valence-corrected chi connectivity index (χ0v) is 12.4. The van der Waals surface area contributed by atoms with Crippen LogP contribution < -0.4 is 5.32 Å². The van der Waals surface area contributed by atoms with Gasteiger partial charge in [0, 0.05) is 6.42 Å². The van der Waals surface area contributed by atoms with E-state index in [0.29, 0.717) is 17.8 Å². The van der Waals surface area contributed by atoms with Gasteiger partial charge in [-0.2, -0.15) is 8.78 Å². The number of nitrogens with zero attached hydrogens (tertiary/aromatic N) is 1. The maximum Gasteiger partial charge on any atom is 0.294 e. The third-order valence-corrected chi connectivity index (χ3v) is 5.54. The molecule has 1 N–H and O–H groups in total. The Labute approximate surface area is 128 Å². The van der Waals surface area contributed by atoms with Crippen LogP contribution in [0.1, 0.15) is 38.5 Å². The molecule has 5 heteroatoms. The van der Waals surface area contributed by atoms with Gasteiger partial charge in [0.1, 0.15) is 0 Å². The first-order valence-corrected chi connectivity index (χ1v) is 8.12. The van der Waals surface area contributed by atoms with Gasteiger partial charge in [-0.25, -0.2) is 0 Å². The van der Waals surface area contributed by atoms with Crippen LogP contribution >= 0.6 is 0 Å². The first-order chi connectivity index (χ1) is 10.5. The fourth-order valence-corrected chi connectivity index (χ4v) is 3.84. The summed E-state index contributed by atoms with van der Waals surface area (Å²) in [5, 5.41) is 2.62. The van der Waals surface area contributed by atoms with E-state index in [4.69, 9.17) is 0 Å². The minimum atomic E-state index is -3.13. The maximum atomic E-state index is 14.4. The first-order valence-electron chi connectivity index (χ1n) is 8.12. The molecule has 1 heterocycles. The zero-order valence-electron chi connectivity index (χ0n) is 12.4. The van der Waals surface area contributed by atoms with Crippen molar-refractivity contribution in [2.75, 3.05) is 0 Å². The number of carbonyl (C=O) groups excluding carboxylic acids is 1. The number of aliphatic imine (C=N–C) groups is 1. The molecule has 1 aliphatic heterocycles. The molecule has 0 aromatic carbocycles. The maximum absolute atomic E-state index is 14.4. The Kier molecular flexibility index (Phi) is 3.03. The van der Waals surface area contributed by atoms with Crippen molar-refractivity contribution in [3.8, 4) is 0 Å². The van der Waals surface area contributed by atoms with E-state index in [-0.39, 0.29) is 12.5 Å². The van der Waals surface area contributed by atoms with Crippen molar-refractivity contribution in [1.29, 1.82) is 0 Å². The molecule has 4 aliphatic rings. The summed E-state index contributed by atoms with van der Waals surface area (Å²) in [6.07, 6.45) is 11.9. The van der Waals surface area contributed by atoms with Crippen molar-refractivity contribution < 1.29 is 13.6 Å². The fraction of sp³-hybridized carbons (Fsp3) is 0.647. The second-order valence-electron chi connectivity index (χ2n) is 7.10. The van der Waals surface area contributed by atoms with E-state index in [1.54, 1.807) is 24.3 Å². The van der Waals surface area contributed by atoms with Crippen molar-refractivity contribution >= 4 is 11.6 Å². The van der Waals surface area contributed by atoms with Crippen LogP contribution in [0.2, 0.25) is 0 Å². The third kappa shape index (κ3) is 2.40. The van der Waals surface area contributed by atoms with Gasteiger partial charge in [-0.15, -0.1) is 0 Å². The third-order valence-electron chi connectivity index (χ3n) is 5.54. The van der Waals surface area contributed by atoms with Crippen molar-refractivity contribution in [3.63, 3.8) is 0 Å². The highest BCUT2D eigenvalue weighted by Gasteiger charge is 2.61. The molecule has 3 aliphatic carbocycles. The summed E-state index contributed by atoms with van der Waals surface area (Å²) < 4.78 is 28.7. The minimum absolute atomic E-state index is 0.275. The Hall–Kier alpha value is -1.52. The zero-order chi connectivity index (χ0) is 15.4. The summed E-state index contributed by atoms with van der Waals surface area (Å²) in [6.45, 7) is 0. The summed E-state index contributed by atoms with van der Waals surface area (Å²) in [5.74, 6) is -3.20. The Balaban J connectivity index is 1.39. The van der Waals surface area contributed by atoms with Gasteiger partial charge in [0.05, 0.1) is 12.1 Å². The summed E-state index contributed by atoms with van der Waals surface area (Å²) >= 11 is 0. The molecule has 118 valence electrons. The molecule has 0 aromatic heterocycles. The van der Waals surface area contributed by atoms with Crippen LogP contribution in [0.25, 0.3) is 0 Å². The molecule has 4 rings (SSSR count). The van der Waals surface area contributed by atoms with Gasteiger partial charge in [-0.1, -0.05) is 24.3 Å². The molecule has 0 radical (unpaired) electrons. The Morgan fingerprint density at radius 3 is 2.82 bits per heavy atom. The molecule has 3 atom stereocenters. The van der Waals surface area contributed by atoms with Crippen LogP contribution in [0, 0.1) is 11.3 Å². The molecule has 1 spiro atoms. The minimum Gasteiger partial charge on any atom is -0.342 e. The van der Waals surface area contributed by atoms with Gasteiger partial charge in [0.2, 0.25) is 0 Å². The lowest BCUT2D eigenvalue weighted by atomic mass is 9.97. The van der Waals surface area contributed by atoms with Crippen molar-refractivity contribution in [2.45, 2.75) is 56.5 Å². The Morgan fingerprint density at radius 2 is 2.09 bits per heavy atom. The number of halogens is 2. The van der Waals surface area contributed by atoms with Gasteiger partial charge in [0.15, 0.2) is 5.71 Å². The molecule has 2 saturated carbocycles. The Bertz CT molecular complexity index is 589. The first kappa shape index (κ1) is 14.1. The lowest BCUT2D eigenvalue weighted by molar-refractivity contribution is -0.117. The molecular weight excluding hydrogens is 286 g/mol. The monoisotopic (exact) mass is 306 g/mol. The van der Waals surface area contributed by atoms with E-state index in [9.17, 15) is 13.6 Å². The molecule has 3 unspecified atom stereocenters. The summed E-state index contributed by atoms with van der Waals surface area (Å²) in [6, 6.07) is -0.694. The lowest BCUT2D eigenvalue weighted by Crippen LogP contribution is -2.54. The van der Waals surface area contributed by atoms with Gasteiger partial charge >= 0.3 is 0 Å². The number of carbonyl (C=O) groups is 1. The average molecular weight is 306 g/mol. The van der Waals surface area contributed by atoms with Gasteiger partial charge in [-0.3, -0.25) is 9.79 Å². The number of allylic oxidation sites excluding steroid dienone is 2. The van der Waals surface area contributed by atoms with E-state index in [1.165, 1.54) is 19.3 Å². The molecule has 0 bridgehead atoms. The van der Waals surface area contributed by atoms with Crippen molar-refractivity contribution in [2.24, 2.45) is 16.3 Å². The molecule has 22 heavy (non-hydrogen) atoms. The molecule has 3 nitrogen and oxygen atoms in total. The second kappa shape index (κ2) is 4.74. The highest BCUT2D eigenvalue weighted by atomic mass is 19.3. The lowest BCUT2D eigenvalue weighted by Gasteiger charge is -2.30. The number of nitrogens with one attached hydrogen (secondary N) is 1. The van der Waals surface area contributed by atoms with Crippen LogP contribution in [0.3, 0.4) is 0 Å². The van der Waals surface area contributed by atoms with E-state index in [0.717, 1.165) is 6.42 Å². The average Bonchev–Trinajstić information content (AvgIpc) is 3.39. The number of amides is 1. The summed E-state index contributed by atoms with van der Waals surface area (Å²) in [7, 11) is 0. The summed E-state index contributed by atoms with van der Waals surface area (Å²) in [4.78, 5) is 16.0. The number of rotatable bonds is 5. The van der Waals surface area contributed by atoms with E-state index in [1.807, 2.05) is 0 Å². The number of hydrogen-bond acceptors (Lipinski definition) is 2. The second-order valence-corrected chi connectivity index (χ2v) is 7.10. The van der Waals surface area contributed by atoms with E-state index in [2.05, 4.69) is 10.3 Å².